The lowest BCUT2D eigenvalue weighted by molar-refractivity contribution is 0.587. The van der Waals surface area contributed by atoms with E-state index in [1.807, 2.05) is 14.0 Å². The topological polar surface area (TPSA) is 41.1 Å². The van der Waals surface area contributed by atoms with E-state index >= 15 is 0 Å². The van der Waals surface area contributed by atoms with Crippen molar-refractivity contribution in [2.24, 2.45) is 0 Å². The van der Waals surface area contributed by atoms with E-state index < -0.39 is 0 Å². The number of hydrogen-bond donors (Lipinski definition) is 1. The summed E-state index contributed by atoms with van der Waals surface area (Å²) >= 11 is 0. The third-order valence-corrected chi connectivity index (χ3v) is 3.62. The van der Waals surface area contributed by atoms with Crippen molar-refractivity contribution in [3.63, 3.8) is 0 Å². The Morgan fingerprint density at radius 3 is 2.42 bits per heavy atom. The summed E-state index contributed by atoms with van der Waals surface area (Å²) in [6.45, 7) is 11.8. The molecule has 0 amide bonds. The van der Waals surface area contributed by atoms with Gasteiger partial charge in [0.15, 0.2) is 0 Å². The summed E-state index contributed by atoms with van der Waals surface area (Å²) in [4.78, 5) is 11.6. The highest BCUT2D eigenvalue weighted by Gasteiger charge is 2.18. The second-order valence-corrected chi connectivity index (χ2v) is 5.12. The Labute approximate surface area is 117 Å². The van der Waals surface area contributed by atoms with Gasteiger partial charge >= 0.3 is 0 Å². The monoisotopic (exact) mass is 264 g/mol. The summed E-state index contributed by atoms with van der Waals surface area (Å²) in [6, 6.07) is 0.504. The van der Waals surface area contributed by atoms with E-state index in [2.05, 4.69) is 47.9 Å². The van der Waals surface area contributed by atoms with E-state index in [1.165, 1.54) is 12.8 Å². The van der Waals surface area contributed by atoms with Gasteiger partial charge in [-0.2, -0.15) is 0 Å². The Balaban J connectivity index is 3.16. The van der Waals surface area contributed by atoms with E-state index in [1.54, 1.807) is 0 Å². The Hall–Kier alpha value is -1.32. The molecule has 0 radical (unpaired) electrons. The molecule has 1 atom stereocenters. The van der Waals surface area contributed by atoms with Gasteiger partial charge in [0.1, 0.15) is 17.5 Å². The van der Waals surface area contributed by atoms with Crippen LogP contribution in [0.1, 0.15) is 51.4 Å². The molecule has 4 heteroatoms. The van der Waals surface area contributed by atoms with Crippen LogP contribution in [0.15, 0.2) is 0 Å². The second kappa shape index (κ2) is 7.31. The summed E-state index contributed by atoms with van der Waals surface area (Å²) in [5, 5.41) is 3.17. The molecule has 1 aromatic heterocycles. The van der Waals surface area contributed by atoms with Gasteiger partial charge in [0.25, 0.3) is 0 Å². The van der Waals surface area contributed by atoms with Gasteiger partial charge in [0, 0.05) is 25.2 Å². The van der Waals surface area contributed by atoms with Crippen LogP contribution in [0.2, 0.25) is 0 Å². The highest BCUT2D eigenvalue weighted by atomic mass is 15.2. The van der Waals surface area contributed by atoms with Crippen LogP contribution in [0, 0.1) is 13.8 Å². The van der Waals surface area contributed by atoms with E-state index in [-0.39, 0.29) is 0 Å². The Bertz CT molecular complexity index is 403. The minimum Gasteiger partial charge on any atom is -0.373 e. The summed E-state index contributed by atoms with van der Waals surface area (Å²) in [6.07, 6.45) is 3.53. The number of aromatic nitrogens is 2. The van der Waals surface area contributed by atoms with Crippen LogP contribution in [-0.4, -0.2) is 29.6 Å². The van der Waals surface area contributed by atoms with Crippen LogP contribution in [0.3, 0.4) is 0 Å². The third kappa shape index (κ3) is 3.82. The number of nitrogens with zero attached hydrogens (tertiary/aromatic N) is 3. The number of nitrogens with one attached hydrogen (secondary N) is 1. The van der Waals surface area contributed by atoms with Gasteiger partial charge < -0.3 is 10.2 Å². The normalized spacial score (nSPS) is 12.3. The van der Waals surface area contributed by atoms with Crippen molar-refractivity contribution < 1.29 is 0 Å². The Kier molecular flexibility index (Phi) is 6.06. The highest BCUT2D eigenvalue weighted by molar-refractivity contribution is 5.58. The second-order valence-electron chi connectivity index (χ2n) is 5.12. The largest absolute Gasteiger partial charge is 0.373 e. The standard InChI is InChI=1S/C15H28N4/c1-7-9-10-19(11(3)8-2)15-12(4)14(16-6)17-13(5)18-15/h11H,7-10H2,1-6H3,(H,16,17,18). The summed E-state index contributed by atoms with van der Waals surface area (Å²) in [5.74, 6) is 2.85. The first kappa shape index (κ1) is 15.7. The van der Waals surface area contributed by atoms with Gasteiger partial charge in [-0.1, -0.05) is 20.3 Å². The van der Waals surface area contributed by atoms with E-state index in [9.17, 15) is 0 Å². The van der Waals surface area contributed by atoms with E-state index in [0.29, 0.717) is 6.04 Å². The van der Waals surface area contributed by atoms with Crippen LogP contribution in [0.25, 0.3) is 0 Å². The molecule has 0 saturated heterocycles. The molecule has 4 nitrogen and oxygen atoms in total. The molecule has 0 bridgehead atoms. The lowest BCUT2D eigenvalue weighted by Gasteiger charge is -2.31. The number of aryl methyl sites for hydroxylation is 1. The number of hydrogen-bond acceptors (Lipinski definition) is 4. The van der Waals surface area contributed by atoms with Crippen LogP contribution in [0.4, 0.5) is 11.6 Å². The van der Waals surface area contributed by atoms with Crippen LogP contribution in [-0.2, 0) is 0 Å². The predicted octanol–water partition coefficient (Wildman–Crippen LogP) is 3.54. The Morgan fingerprint density at radius 1 is 1.21 bits per heavy atom. The maximum absolute atomic E-state index is 4.68. The van der Waals surface area contributed by atoms with Gasteiger partial charge in [-0.3, -0.25) is 0 Å². The lowest BCUT2D eigenvalue weighted by Crippen LogP contribution is -2.35. The quantitative estimate of drug-likeness (QED) is 0.818. The minimum atomic E-state index is 0.504. The van der Waals surface area contributed by atoms with Gasteiger partial charge in [-0.05, 0) is 33.6 Å². The molecule has 0 aliphatic heterocycles. The molecule has 1 rings (SSSR count). The summed E-state index contributed by atoms with van der Waals surface area (Å²) in [5.41, 5.74) is 1.14. The molecular formula is C15H28N4. The zero-order valence-corrected chi connectivity index (χ0v) is 13.2. The van der Waals surface area contributed by atoms with Crippen molar-refractivity contribution in [1.29, 1.82) is 0 Å². The molecule has 19 heavy (non-hydrogen) atoms. The first-order chi connectivity index (χ1) is 9.04. The first-order valence-corrected chi connectivity index (χ1v) is 7.34. The molecule has 1 unspecified atom stereocenters. The maximum Gasteiger partial charge on any atom is 0.137 e. The first-order valence-electron chi connectivity index (χ1n) is 7.34. The van der Waals surface area contributed by atoms with Crippen LogP contribution >= 0.6 is 0 Å². The van der Waals surface area contributed by atoms with Crippen molar-refractivity contribution in [2.75, 3.05) is 23.8 Å². The van der Waals surface area contributed by atoms with Gasteiger partial charge in [-0.15, -0.1) is 0 Å². The fourth-order valence-electron chi connectivity index (χ4n) is 2.22. The minimum absolute atomic E-state index is 0.504. The van der Waals surface area contributed by atoms with Gasteiger partial charge in [0.2, 0.25) is 0 Å². The fourth-order valence-corrected chi connectivity index (χ4v) is 2.22. The van der Waals surface area contributed by atoms with Crippen LogP contribution in [0.5, 0.6) is 0 Å². The van der Waals surface area contributed by atoms with Crippen molar-refractivity contribution in [1.82, 2.24) is 9.97 Å². The number of unbranched alkanes of at least 4 members (excludes halogenated alkanes) is 1. The van der Waals surface area contributed by atoms with Gasteiger partial charge in [0.05, 0.1) is 0 Å². The van der Waals surface area contributed by atoms with Crippen molar-refractivity contribution >= 4 is 11.6 Å². The predicted molar refractivity (Wildman–Crippen MR) is 83.1 cm³/mol. The smallest absolute Gasteiger partial charge is 0.137 e. The average molecular weight is 264 g/mol. The lowest BCUT2D eigenvalue weighted by atomic mass is 10.1. The third-order valence-electron chi connectivity index (χ3n) is 3.62. The van der Waals surface area contributed by atoms with Crippen molar-refractivity contribution in [2.45, 2.75) is 59.9 Å². The molecule has 0 fully saturated rings. The molecule has 1 aromatic rings. The summed E-state index contributed by atoms with van der Waals surface area (Å²) in [7, 11) is 1.91. The molecule has 0 aliphatic carbocycles. The molecule has 1 heterocycles. The van der Waals surface area contributed by atoms with E-state index in [0.717, 1.165) is 36.0 Å². The molecule has 1 N–H and O–H groups in total. The number of anilines is 2. The van der Waals surface area contributed by atoms with Crippen molar-refractivity contribution in [3.8, 4) is 0 Å². The van der Waals surface area contributed by atoms with Crippen LogP contribution < -0.4 is 10.2 Å². The maximum atomic E-state index is 4.68. The van der Waals surface area contributed by atoms with Gasteiger partial charge in [-0.25, -0.2) is 9.97 Å². The zero-order chi connectivity index (χ0) is 14.4. The SMILES string of the molecule is CCCCN(c1nc(C)nc(NC)c1C)C(C)CC. The highest BCUT2D eigenvalue weighted by Crippen LogP contribution is 2.26. The van der Waals surface area contributed by atoms with E-state index in [4.69, 9.17) is 0 Å². The van der Waals surface area contributed by atoms with Crippen molar-refractivity contribution in [3.05, 3.63) is 11.4 Å². The molecule has 0 spiro atoms. The molecular weight excluding hydrogens is 236 g/mol. The molecule has 0 saturated carbocycles. The zero-order valence-electron chi connectivity index (χ0n) is 13.2. The summed E-state index contributed by atoms with van der Waals surface area (Å²) < 4.78 is 0. The number of rotatable bonds is 7. The average Bonchev–Trinajstić information content (AvgIpc) is 2.41. The molecule has 108 valence electrons. The molecule has 0 aromatic carbocycles. The fraction of sp³-hybridized carbons (Fsp3) is 0.733. The Morgan fingerprint density at radius 2 is 1.89 bits per heavy atom. The molecule has 0 aliphatic rings.